The normalized spacial score (nSPS) is 16.4. The van der Waals surface area contributed by atoms with Gasteiger partial charge in [0.2, 0.25) is 6.10 Å². The van der Waals surface area contributed by atoms with E-state index in [1.165, 1.54) is 0 Å². The summed E-state index contributed by atoms with van der Waals surface area (Å²) in [6.07, 6.45) is 3.26. The van der Waals surface area contributed by atoms with E-state index in [2.05, 4.69) is 21.5 Å². The third-order valence-electron chi connectivity index (χ3n) is 5.55. The lowest BCUT2D eigenvalue weighted by Crippen LogP contribution is -2.29. The second-order valence-electron chi connectivity index (χ2n) is 7.50. The average Bonchev–Trinajstić information content (AvgIpc) is 3.35. The summed E-state index contributed by atoms with van der Waals surface area (Å²) in [5, 5.41) is 26.5. The molecule has 1 aliphatic rings. The second-order valence-corrected chi connectivity index (χ2v) is 7.50. The number of carbonyl (C=O) groups is 1. The summed E-state index contributed by atoms with van der Waals surface area (Å²) in [5.41, 5.74) is 2.68. The van der Waals surface area contributed by atoms with E-state index in [9.17, 15) is 15.2 Å². The molecule has 33 heavy (non-hydrogen) atoms. The molecule has 1 amide bonds. The van der Waals surface area contributed by atoms with Crippen LogP contribution >= 0.6 is 17.0 Å². The molecule has 0 radical (unpaired) electrons. The van der Waals surface area contributed by atoms with Crippen LogP contribution in [0.4, 0.5) is 5.69 Å². The number of halogens is 1. The van der Waals surface area contributed by atoms with Gasteiger partial charge in [0.15, 0.2) is 0 Å². The Kier molecular flexibility index (Phi) is 7.93. The van der Waals surface area contributed by atoms with Gasteiger partial charge in [0.1, 0.15) is 5.41 Å². The van der Waals surface area contributed by atoms with Crippen LogP contribution in [0.1, 0.15) is 29.5 Å². The molecular weight excluding hydrogens is 484 g/mol. The van der Waals surface area contributed by atoms with Gasteiger partial charge in [0.25, 0.3) is 5.91 Å². The monoisotopic (exact) mass is 506 g/mol. The van der Waals surface area contributed by atoms with Gasteiger partial charge >= 0.3 is 0 Å². The molecule has 2 aromatic carbocycles. The van der Waals surface area contributed by atoms with Crippen molar-refractivity contribution < 1.29 is 14.7 Å². The van der Waals surface area contributed by atoms with E-state index in [1.54, 1.807) is 42.7 Å². The number of pyridine rings is 1. The molecule has 0 spiro atoms. The zero-order chi connectivity index (χ0) is 22.4. The van der Waals surface area contributed by atoms with Crippen LogP contribution in [0.15, 0.2) is 84.3 Å². The van der Waals surface area contributed by atoms with Gasteiger partial charge in [0, 0.05) is 36.7 Å². The number of hydrogen-bond acceptors (Lipinski definition) is 6. The van der Waals surface area contributed by atoms with Crippen molar-refractivity contribution >= 4 is 34.3 Å². The topological polar surface area (TPSA) is 108 Å². The highest BCUT2D eigenvalue weighted by Crippen LogP contribution is 2.35. The quantitative estimate of drug-likeness (QED) is 0.503. The Labute approximate surface area is 202 Å². The van der Waals surface area contributed by atoms with Gasteiger partial charge in [0.05, 0.1) is 11.8 Å². The maximum Gasteiger partial charge on any atom is 0.268 e. The summed E-state index contributed by atoms with van der Waals surface area (Å²) in [4.78, 5) is 22.0. The van der Waals surface area contributed by atoms with E-state index in [0.29, 0.717) is 17.8 Å². The molecule has 1 aliphatic heterocycles. The summed E-state index contributed by atoms with van der Waals surface area (Å²) in [5.74, 6) is -0.301. The largest absolute Gasteiger partial charge is 0.396 e. The Bertz CT molecular complexity index is 1150. The Morgan fingerprint density at radius 1 is 1.12 bits per heavy atom. The smallest absolute Gasteiger partial charge is 0.268 e. The van der Waals surface area contributed by atoms with Crippen LogP contribution in [0.3, 0.4) is 0 Å². The van der Waals surface area contributed by atoms with Gasteiger partial charge in [-0.2, -0.15) is 5.26 Å². The molecule has 0 bridgehead atoms. The fourth-order valence-electron chi connectivity index (χ4n) is 3.81. The Hall–Kier alpha value is -3.54. The standard InChI is InChI=1S/C25H22N4O3.BrH/c26-17-25(12-14-30,19-6-2-1-3-7-19)20-8-10-21(11-9-20)28-24(31)23-15-22(29-32-23)18-5-4-13-27-16-18;/h1-11,13,16,23,30H,12,14-15H2,(H,28,31);1H. The molecule has 8 heteroatoms. The molecule has 0 aliphatic carbocycles. The number of amides is 1. The van der Waals surface area contributed by atoms with Crippen molar-refractivity contribution in [2.45, 2.75) is 24.4 Å². The van der Waals surface area contributed by atoms with Gasteiger partial charge < -0.3 is 15.3 Å². The number of hydrogen-bond donors (Lipinski definition) is 2. The van der Waals surface area contributed by atoms with Crippen LogP contribution in [-0.4, -0.2) is 34.4 Å². The molecule has 2 atom stereocenters. The molecule has 0 saturated heterocycles. The van der Waals surface area contributed by atoms with E-state index < -0.39 is 11.5 Å². The van der Waals surface area contributed by atoms with Crippen molar-refractivity contribution in [2.75, 3.05) is 11.9 Å². The van der Waals surface area contributed by atoms with Crippen molar-refractivity contribution in [2.24, 2.45) is 5.16 Å². The number of aliphatic hydroxyl groups excluding tert-OH is 1. The molecule has 3 aromatic rings. The molecule has 2 N–H and O–H groups in total. The maximum atomic E-state index is 12.6. The summed E-state index contributed by atoms with van der Waals surface area (Å²) in [6, 6.07) is 22.5. The zero-order valence-electron chi connectivity index (χ0n) is 17.7. The van der Waals surface area contributed by atoms with E-state index in [1.807, 2.05) is 36.4 Å². The van der Waals surface area contributed by atoms with Crippen molar-refractivity contribution in [1.82, 2.24) is 4.98 Å². The first-order chi connectivity index (χ1) is 15.7. The summed E-state index contributed by atoms with van der Waals surface area (Å²) >= 11 is 0. The molecular formula is C25H23BrN4O3. The van der Waals surface area contributed by atoms with Crippen LogP contribution in [0.25, 0.3) is 0 Å². The third kappa shape index (κ3) is 5.11. The highest BCUT2D eigenvalue weighted by Gasteiger charge is 2.34. The van der Waals surface area contributed by atoms with Crippen LogP contribution in [-0.2, 0) is 15.0 Å². The zero-order valence-corrected chi connectivity index (χ0v) is 19.4. The summed E-state index contributed by atoms with van der Waals surface area (Å²) < 4.78 is 0. The fraction of sp³-hybridized carbons (Fsp3) is 0.200. The number of nitrogens with zero attached hydrogens (tertiary/aromatic N) is 3. The number of nitriles is 1. The van der Waals surface area contributed by atoms with E-state index >= 15 is 0 Å². The van der Waals surface area contributed by atoms with Crippen molar-refractivity contribution in [3.05, 3.63) is 95.8 Å². The lowest BCUT2D eigenvalue weighted by Gasteiger charge is -2.27. The van der Waals surface area contributed by atoms with Crippen molar-refractivity contribution in [3.63, 3.8) is 0 Å². The number of carbonyl (C=O) groups excluding carboxylic acids is 1. The second kappa shape index (κ2) is 10.9. The Morgan fingerprint density at radius 3 is 2.48 bits per heavy atom. The van der Waals surface area contributed by atoms with Gasteiger partial charge in [-0.15, -0.1) is 17.0 Å². The van der Waals surface area contributed by atoms with E-state index in [-0.39, 0.29) is 35.9 Å². The minimum Gasteiger partial charge on any atom is -0.396 e. The first-order valence-corrected chi connectivity index (χ1v) is 10.3. The van der Waals surface area contributed by atoms with Crippen LogP contribution in [0.5, 0.6) is 0 Å². The molecule has 2 unspecified atom stereocenters. The van der Waals surface area contributed by atoms with Gasteiger partial charge in [-0.3, -0.25) is 9.78 Å². The molecule has 7 nitrogen and oxygen atoms in total. The number of nitrogens with one attached hydrogen (secondary N) is 1. The number of aliphatic hydroxyl groups is 1. The van der Waals surface area contributed by atoms with Gasteiger partial charge in [-0.25, -0.2) is 0 Å². The predicted octanol–water partition coefficient (Wildman–Crippen LogP) is 3.98. The highest BCUT2D eigenvalue weighted by atomic mass is 79.9. The van der Waals surface area contributed by atoms with Crippen LogP contribution < -0.4 is 5.32 Å². The van der Waals surface area contributed by atoms with Gasteiger partial charge in [-0.1, -0.05) is 47.6 Å². The molecule has 0 fully saturated rings. The number of oxime groups is 1. The first kappa shape index (κ1) is 24.1. The van der Waals surface area contributed by atoms with Crippen LogP contribution in [0.2, 0.25) is 0 Å². The van der Waals surface area contributed by atoms with E-state index in [4.69, 9.17) is 4.84 Å². The molecule has 0 saturated carbocycles. The average molecular weight is 507 g/mol. The third-order valence-corrected chi connectivity index (χ3v) is 5.55. The van der Waals surface area contributed by atoms with Gasteiger partial charge in [-0.05, 0) is 41.8 Å². The Morgan fingerprint density at radius 2 is 1.85 bits per heavy atom. The Balaban J connectivity index is 0.00000306. The molecule has 168 valence electrons. The lowest BCUT2D eigenvalue weighted by atomic mass is 9.73. The summed E-state index contributed by atoms with van der Waals surface area (Å²) in [7, 11) is 0. The minimum absolute atomic E-state index is 0. The van der Waals surface area contributed by atoms with Crippen molar-refractivity contribution in [3.8, 4) is 6.07 Å². The maximum absolute atomic E-state index is 12.6. The summed E-state index contributed by atoms with van der Waals surface area (Å²) in [6.45, 7) is -0.126. The minimum atomic E-state index is -0.973. The first-order valence-electron chi connectivity index (χ1n) is 10.3. The molecule has 2 heterocycles. The number of aromatic nitrogens is 1. The number of benzene rings is 2. The lowest BCUT2D eigenvalue weighted by molar-refractivity contribution is -0.125. The highest BCUT2D eigenvalue weighted by molar-refractivity contribution is 8.93. The molecule has 4 rings (SSSR count). The predicted molar refractivity (Wildman–Crippen MR) is 130 cm³/mol. The fourth-order valence-corrected chi connectivity index (χ4v) is 3.81. The molecule has 1 aromatic heterocycles. The number of rotatable bonds is 7. The number of anilines is 1. The SMILES string of the molecule is Br.N#CC(CCO)(c1ccccc1)c1ccc(NC(=O)C2CC(c3cccnc3)=NO2)cc1. The van der Waals surface area contributed by atoms with Crippen LogP contribution in [0, 0.1) is 11.3 Å². The van der Waals surface area contributed by atoms with Crippen molar-refractivity contribution in [1.29, 1.82) is 5.26 Å². The van der Waals surface area contributed by atoms with E-state index in [0.717, 1.165) is 16.7 Å².